The average Bonchev–Trinajstić information content (AvgIpc) is 3.07. The number of rotatable bonds is 3. The highest BCUT2D eigenvalue weighted by molar-refractivity contribution is 7.99. The fraction of sp³-hybridized carbons (Fsp3) is 0.118. The monoisotopic (exact) mass is 352 g/mol. The van der Waals surface area contributed by atoms with Crippen molar-refractivity contribution in [3.05, 3.63) is 70.3 Å². The zero-order chi connectivity index (χ0) is 17.4. The number of nitro groups is 1. The molecule has 1 atom stereocenters. The molecule has 0 N–H and O–H groups in total. The zero-order valence-electron chi connectivity index (χ0n) is 12.9. The largest absolute Gasteiger partial charge is 0.272 e. The molecule has 8 heteroatoms. The van der Waals surface area contributed by atoms with Gasteiger partial charge in [-0.05, 0) is 5.56 Å². The quantitative estimate of drug-likeness (QED) is 0.527. The Balaban J connectivity index is 1.67. The lowest BCUT2D eigenvalue weighted by atomic mass is 10.1. The minimum atomic E-state index is -0.436. The summed E-state index contributed by atoms with van der Waals surface area (Å²) >= 11 is 1.40. The number of fused-ring (bicyclic) bond motifs is 1. The van der Waals surface area contributed by atoms with Crippen LogP contribution in [0.2, 0.25) is 0 Å². The van der Waals surface area contributed by atoms with Gasteiger partial charge in [0.25, 0.3) is 11.6 Å². The van der Waals surface area contributed by atoms with E-state index in [1.807, 2.05) is 30.3 Å². The highest BCUT2D eigenvalue weighted by Crippen LogP contribution is 2.42. The smallest absolute Gasteiger partial charge is 0.269 e. The molecule has 0 saturated carbocycles. The van der Waals surface area contributed by atoms with Crippen molar-refractivity contribution in [2.45, 2.75) is 16.8 Å². The van der Waals surface area contributed by atoms with Crippen LogP contribution in [0.15, 0.2) is 59.8 Å². The first kappa shape index (κ1) is 15.5. The van der Waals surface area contributed by atoms with Gasteiger partial charge < -0.3 is 0 Å². The molecule has 25 heavy (non-hydrogen) atoms. The van der Waals surface area contributed by atoms with Gasteiger partial charge in [0.1, 0.15) is 0 Å². The van der Waals surface area contributed by atoms with Gasteiger partial charge in [0.15, 0.2) is 11.0 Å². The van der Waals surface area contributed by atoms with Crippen molar-refractivity contribution in [1.82, 2.24) is 14.8 Å². The first-order valence-corrected chi connectivity index (χ1v) is 8.46. The van der Waals surface area contributed by atoms with Crippen LogP contribution >= 0.6 is 11.8 Å². The SMILES string of the molecule is O=C1CC(c2cccc([N+](=O)[O-])c2)Sc2nc(-c3ccccc3)nn21. The summed E-state index contributed by atoms with van der Waals surface area (Å²) in [5.74, 6) is 0.330. The Bertz CT molecular complexity index is 971. The molecule has 0 amide bonds. The van der Waals surface area contributed by atoms with Crippen LogP contribution < -0.4 is 0 Å². The molecule has 0 bridgehead atoms. The Kier molecular flexibility index (Phi) is 3.81. The molecule has 2 aromatic carbocycles. The van der Waals surface area contributed by atoms with Crippen LogP contribution in [0.25, 0.3) is 11.4 Å². The normalized spacial score (nSPS) is 16.5. The molecule has 0 aliphatic carbocycles. The molecule has 1 aliphatic rings. The summed E-state index contributed by atoms with van der Waals surface area (Å²) in [6.07, 6.45) is 0.219. The molecule has 124 valence electrons. The molecule has 3 aromatic rings. The summed E-state index contributed by atoms with van der Waals surface area (Å²) in [6.45, 7) is 0. The Labute approximate surface area is 146 Å². The number of non-ortho nitro benzene ring substituents is 1. The van der Waals surface area contributed by atoms with Crippen molar-refractivity contribution in [3.63, 3.8) is 0 Å². The van der Waals surface area contributed by atoms with E-state index in [4.69, 9.17) is 0 Å². The highest BCUT2D eigenvalue weighted by Gasteiger charge is 2.30. The van der Waals surface area contributed by atoms with Gasteiger partial charge in [0.2, 0.25) is 0 Å². The van der Waals surface area contributed by atoms with Crippen molar-refractivity contribution in [2.24, 2.45) is 0 Å². The topological polar surface area (TPSA) is 90.9 Å². The van der Waals surface area contributed by atoms with E-state index in [0.29, 0.717) is 11.0 Å². The summed E-state index contributed by atoms with van der Waals surface area (Å²) in [4.78, 5) is 27.4. The molecule has 0 radical (unpaired) electrons. The van der Waals surface area contributed by atoms with Crippen LogP contribution in [0.3, 0.4) is 0 Å². The predicted molar refractivity (Wildman–Crippen MR) is 92.4 cm³/mol. The van der Waals surface area contributed by atoms with E-state index in [1.165, 1.54) is 28.6 Å². The van der Waals surface area contributed by atoms with Gasteiger partial charge in [-0.25, -0.2) is 4.98 Å². The molecule has 2 heterocycles. The van der Waals surface area contributed by atoms with Crippen LogP contribution in [-0.2, 0) is 0 Å². The Morgan fingerprint density at radius 1 is 1.16 bits per heavy atom. The Hall–Kier alpha value is -3.00. The fourth-order valence-electron chi connectivity index (χ4n) is 2.68. The standard InChI is InChI=1S/C17H12N4O3S/c22-15-10-14(12-7-4-8-13(9-12)21(23)24)25-17-18-16(19-20(15)17)11-5-2-1-3-6-11/h1-9,14H,10H2. The van der Waals surface area contributed by atoms with Gasteiger partial charge in [-0.1, -0.05) is 54.2 Å². The molecular weight excluding hydrogens is 340 g/mol. The van der Waals surface area contributed by atoms with Crippen molar-refractivity contribution < 1.29 is 9.72 Å². The van der Waals surface area contributed by atoms with E-state index >= 15 is 0 Å². The van der Waals surface area contributed by atoms with Crippen LogP contribution in [0, 0.1) is 10.1 Å². The van der Waals surface area contributed by atoms with Gasteiger partial charge in [0.05, 0.1) is 4.92 Å². The van der Waals surface area contributed by atoms with Crippen LogP contribution in [-0.4, -0.2) is 25.6 Å². The molecule has 0 saturated heterocycles. The lowest BCUT2D eigenvalue weighted by molar-refractivity contribution is -0.384. The molecule has 1 aromatic heterocycles. The lowest BCUT2D eigenvalue weighted by Crippen LogP contribution is -2.21. The van der Waals surface area contributed by atoms with Gasteiger partial charge in [0, 0.05) is 29.4 Å². The van der Waals surface area contributed by atoms with E-state index in [-0.39, 0.29) is 23.3 Å². The maximum absolute atomic E-state index is 12.4. The fourth-order valence-corrected chi connectivity index (χ4v) is 3.83. The minimum absolute atomic E-state index is 0.0163. The summed E-state index contributed by atoms with van der Waals surface area (Å²) in [5, 5.41) is 15.6. The molecular formula is C17H12N4O3S. The second-order valence-corrected chi connectivity index (χ2v) is 6.72. The molecule has 0 spiro atoms. The number of nitrogens with zero attached hydrogens (tertiary/aromatic N) is 4. The van der Waals surface area contributed by atoms with Crippen molar-refractivity contribution in [3.8, 4) is 11.4 Å². The Morgan fingerprint density at radius 2 is 1.96 bits per heavy atom. The Morgan fingerprint density at radius 3 is 2.72 bits per heavy atom. The highest BCUT2D eigenvalue weighted by atomic mass is 32.2. The number of hydrogen-bond donors (Lipinski definition) is 0. The van der Waals surface area contributed by atoms with E-state index in [2.05, 4.69) is 10.1 Å². The number of carbonyl (C=O) groups excluding carboxylic acids is 1. The molecule has 1 aliphatic heterocycles. The maximum atomic E-state index is 12.4. The van der Waals surface area contributed by atoms with Crippen molar-refractivity contribution in [1.29, 1.82) is 0 Å². The average molecular weight is 352 g/mol. The van der Waals surface area contributed by atoms with Gasteiger partial charge >= 0.3 is 0 Å². The molecule has 4 rings (SSSR count). The number of carbonyl (C=O) groups is 1. The lowest BCUT2D eigenvalue weighted by Gasteiger charge is -2.20. The van der Waals surface area contributed by atoms with Crippen LogP contribution in [0.5, 0.6) is 0 Å². The van der Waals surface area contributed by atoms with E-state index in [9.17, 15) is 14.9 Å². The summed E-state index contributed by atoms with van der Waals surface area (Å²) in [5.41, 5.74) is 1.59. The van der Waals surface area contributed by atoms with Crippen molar-refractivity contribution in [2.75, 3.05) is 0 Å². The number of hydrogen-bond acceptors (Lipinski definition) is 6. The number of aromatic nitrogens is 3. The van der Waals surface area contributed by atoms with Crippen molar-refractivity contribution >= 4 is 23.4 Å². The number of nitro benzene ring substituents is 1. The molecule has 1 unspecified atom stereocenters. The van der Waals surface area contributed by atoms with E-state index in [0.717, 1.165) is 11.1 Å². The second-order valence-electron chi connectivity index (χ2n) is 5.55. The summed E-state index contributed by atoms with van der Waals surface area (Å²) in [7, 11) is 0. The second kappa shape index (κ2) is 6.14. The third-order valence-corrected chi connectivity index (χ3v) is 5.10. The van der Waals surface area contributed by atoms with Crippen LogP contribution in [0.4, 0.5) is 5.69 Å². The van der Waals surface area contributed by atoms with Gasteiger partial charge in [-0.15, -0.1) is 5.10 Å². The molecule has 7 nitrogen and oxygen atoms in total. The summed E-state index contributed by atoms with van der Waals surface area (Å²) in [6, 6.07) is 15.8. The van der Waals surface area contributed by atoms with E-state index < -0.39 is 4.92 Å². The van der Waals surface area contributed by atoms with Gasteiger partial charge in [-0.3, -0.25) is 14.9 Å². The maximum Gasteiger partial charge on any atom is 0.269 e. The van der Waals surface area contributed by atoms with Crippen LogP contribution in [0.1, 0.15) is 22.0 Å². The first-order chi connectivity index (χ1) is 12.1. The predicted octanol–water partition coefficient (Wildman–Crippen LogP) is 3.73. The zero-order valence-corrected chi connectivity index (χ0v) is 13.7. The van der Waals surface area contributed by atoms with Gasteiger partial charge in [-0.2, -0.15) is 4.68 Å². The summed E-state index contributed by atoms with van der Waals surface area (Å²) < 4.78 is 1.32. The first-order valence-electron chi connectivity index (χ1n) is 7.58. The minimum Gasteiger partial charge on any atom is -0.272 e. The number of benzene rings is 2. The third kappa shape index (κ3) is 2.91. The molecule has 0 fully saturated rings. The number of thioether (sulfide) groups is 1. The van der Waals surface area contributed by atoms with E-state index in [1.54, 1.807) is 12.1 Å². The third-order valence-electron chi connectivity index (χ3n) is 3.91.